The number of hydrogen-bond acceptors (Lipinski definition) is 2. The number of aromatic nitrogens is 2. The summed E-state index contributed by atoms with van der Waals surface area (Å²) in [5.41, 5.74) is 0.689. The number of aryl methyl sites for hydroxylation is 1. The van der Waals surface area contributed by atoms with Crippen LogP contribution in [0.25, 0.3) is 16.8 Å². The Morgan fingerprint density at radius 1 is 1.15 bits per heavy atom. The van der Waals surface area contributed by atoms with Crippen molar-refractivity contribution in [3.8, 4) is 0 Å². The number of benzene rings is 2. The highest BCUT2D eigenvalue weighted by atomic mass is 16.1. The fraction of sp³-hybridized carbons (Fsp3) is 0.0588. The second-order valence-electron chi connectivity index (χ2n) is 4.66. The van der Waals surface area contributed by atoms with Gasteiger partial charge in [-0.3, -0.25) is 4.79 Å². The van der Waals surface area contributed by atoms with Crippen molar-refractivity contribution in [1.29, 1.82) is 0 Å². The van der Waals surface area contributed by atoms with Gasteiger partial charge in [0.05, 0.1) is 0 Å². The molecule has 0 fully saturated rings. The van der Waals surface area contributed by atoms with E-state index in [1.54, 1.807) is 18.3 Å². The van der Waals surface area contributed by atoms with Crippen LogP contribution < -0.4 is 0 Å². The number of nitrogens with zero attached hydrogens (tertiary/aromatic N) is 2. The molecule has 0 saturated heterocycles. The minimum Gasteiger partial charge on any atom is -0.335 e. The van der Waals surface area contributed by atoms with Gasteiger partial charge in [-0.25, -0.2) is 4.98 Å². The number of carbonyl (C=O) groups is 1. The summed E-state index contributed by atoms with van der Waals surface area (Å²) in [5, 5.41) is 2.21. The molecule has 0 spiro atoms. The highest BCUT2D eigenvalue weighted by Crippen LogP contribution is 2.16. The van der Waals surface area contributed by atoms with Crippen LogP contribution in [-0.4, -0.2) is 15.3 Å². The molecule has 2 aromatic carbocycles. The molecule has 3 rings (SSSR count). The summed E-state index contributed by atoms with van der Waals surface area (Å²) in [7, 11) is 1.90. The number of ketones is 1. The predicted octanol–water partition coefficient (Wildman–Crippen LogP) is 3.47. The van der Waals surface area contributed by atoms with Crippen molar-refractivity contribution in [3.05, 3.63) is 72.3 Å². The summed E-state index contributed by atoms with van der Waals surface area (Å²) in [5.74, 6) is 0.748. The minimum absolute atomic E-state index is 0.0150. The van der Waals surface area contributed by atoms with E-state index in [-0.39, 0.29) is 5.78 Å². The average Bonchev–Trinajstić information content (AvgIpc) is 2.89. The first-order valence-corrected chi connectivity index (χ1v) is 6.42. The number of allylic oxidation sites excluding steroid dienone is 1. The molecule has 3 aromatic rings. The van der Waals surface area contributed by atoms with E-state index < -0.39 is 0 Å². The van der Waals surface area contributed by atoms with Crippen LogP contribution in [-0.2, 0) is 7.05 Å². The monoisotopic (exact) mass is 262 g/mol. The van der Waals surface area contributed by atoms with E-state index in [2.05, 4.69) is 4.98 Å². The molecule has 0 amide bonds. The summed E-state index contributed by atoms with van der Waals surface area (Å²) in [4.78, 5) is 16.3. The second-order valence-corrected chi connectivity index (χ2v) is 4.66. The average molecular weight is 262 g/mol. The van der Waals surface area contributed by atoms with Crippen LogP contribution >= 0.6 is 0 Å². The molecule has 0 aliphatic rings. The molecular formula is C17H14N2O. The van der Waals surface area contributed by atoms with E-state index >= 15 is 0 Å². The first-order valence-electron chi connectivity index (χ1n) is 6.42. The topological polar surface area (TPSA) is 34.9 Å². The van der Waals surface area contributed by atoms with Crippen LogP contribution in [0.4, 0.5) is 0 Å². The summed E-state index contributed by atoms with van der Waals surface area (Å²) >= 11 is 0. The van der Waals surface area contributed by atoms with Crippen LogP contribution in [0.3, 0.4) is 0 Å². The van der Waals surface area contributed by atoms with Crippen LogP contribution in [0.5, 0.6) is 0 Å². The molecule has 0 saturated carbocycles. The van der Waals surface area contributed by atoms with E-state index in [9.17, 15) is 4.79 Å². The van der Waals surface area contributed by atoms with E-state index in [4.69, 9.17) is 0 Å². The molecule has 98 valence electrons. The van der Waals surface area contributed by atoms with Gasteiger partial charge in [0, 0.05) is 25.0 Å². The lowest BCUT2D eigenvalue weighted by atomic mass is 10.0. The molecule has 0 radical (unpaired) electrons. The summed E-state index contributed by atoms with van der Waals surface area (Å²) in [6.07, 6.45) is 6.85. The molecule has 0 aliphatic carbocycles. The van der Waals surface area contributed by atoms with Crippen molar-refractivity contribution in [2.24, 2.45) is 7.05 Å². The Hall–Kier alpha value is -2.68. The number of carbonyl (C=O) groups excluding carboxylic acids is 1. The van der Waals surface area contributed by atoms with Crippen molar-refractivity contribution in [1.82, 2.24) is 9.55 Å². The van der Waals surface area contributed by atoms with Crippen molar-refractivity contribution in [2.45, 2.75) is 0 Å². The highest BCUT2D eigenvalue weighted by molar-refractivity contribution is 6.08. The number of imidazole rings is 1. The van der Waals surface area contributed by atoms with Crippen LogP contribution in [0.15, 0.2) is 60.9 Å². The lowest BCUT2D eigenvalue weighted by Gasteiger charge is -2.00. The summed E-state index contributed by atoms with van der Waals surface area (Å²) < 4.78 is 1.87. The van der Waals surface area contributed by atoms with Crippen molar-refractivity contribution in [3.63, 3.8) is 0 Å². The van der Waals surface area contributed by atoms with Crippen molar-refractivity contribution in [2.75, 3.05) is 0 Å². The molecule has 1 heterocycles. The molecule has 3 nitrogen and oxygen atoms in total. The van der Waals surface area contributed by atoms with E-state index in [0.717, 1.165) is 16.6 Å². The fourth-order valence-electron chi connectivity index (χ4n) is 2.13. The van der Waals surface area contributed by atoms with Gasteiger partial charge in [-0.1, -0.05) is 36.4 Å². The van der Waals surface area contributed by atoms with E-state index in [1.807, 2.05) is 60.3 Å². The molecule has 0 aliphatic heterocycles. The van der Waals surface area contributed by atoms with Gasteiger partial charge < -0.3 is 4.57 Å². The first kappa shape index (κ1) is 12.4. The number of hydrogen-bond donors (Lipinski definition) is 0. The third-order valence-corrected chi connectivity index (χ3v) is 3.28. The van der Waals surface area contributed by atoms with Gasteiger partial charge >= 0.3 is 0 Å². The number of rotatable bonds is 3. The van der Waals surface area contributed by atoms with Crippen LogP contribution in [0.2, 0.25) is 0 Å². The lowest BCUT2D eigenvalue weighted by Crippen LogP contribution is -1.95. The Balaban J connectivity index is 1.89. The quantitative estimate of drug-likeness (QED) is 0.535. The summed E-state index contributed by atoms with van der Waals surface area (Å²) in [6, 6.07) is 13.7. The molecule has 0 N–H and O–H groups in total. The van der Waals surface area contributed by atoms with Gasteiger partial charge in [0.1, 0.15) is 5.82 Å². The van der Waals surface area contributed by atoms with E-state index in [1.165, 1.54) is 0 Å². The smallest absolute Gasteiger partial charge is 0.185 e. The molecule has 3 heteroatoms. The SMILES string of the molecule is Cn1ccnc1/C=C/C(=O)c1ccc2ccccc2c1. The maximum Gasteiger partial charge on any atom is 0.185 e. The Bertz CT molecular complexity index is 799. The molecule has 1 aromatic heterocycles. The lowest BCUT2D eigenvalue weighted by molar-refractivity contribution is 0.104. The maximum atomic E-state index is 12.2. The highest BCUT2D eigenvalue weighted by Gasteiger charge is 2.03. The predicted molar refractivity (Wildman–Crippen MR) is 80.5 cm³/mol. The maximum absolute atomic E-state index is 12.2. The largest absolute Gasteiger partial charge is 0.335 e. The zero-order valence-corrected chi connectivity index (χ0v) is 11.2. The van der Waals surface area contributed by atoms with Gasteiger partial charge in [0.15, 0.2) is 5.78 Å². The van der Waals surface area contributed by atoms with Gasteiger partial charge in [0.2, 0.25) is 0 Å². The zero-order valence-electron chi connectivity index (χ0n) is 11.2. The molecule has 0 unspecified atom stereocenters. The van der Waals surface area contributed by atoms with Gasteiger partial charge in [-0.2, -0.15) is 0 Å². The molecule has 0 atom stereocenters. The zero-order chi connectivity index (χ0) is 13.9. The van der Waals surface area contributed by atoms with Gasteiger partial charge in [-0.05, 0) is 29.0 Å². The van der Waals surface area contributed by atoms with Crippen LogP contribution in [0.1, 0.15) is 16.2 Å². The number of fused-ring (bicyclic) bond motifs is 1. The van der Waals surface area contributed by atoms with E-state index in [0.29, 0.717) is 5.56 Å². The Kier molecular flexibility index (Phi) is 3.17. The van der Waals surface area contributed by atoms with Gasteiger partial charge in [-0.15, -0.1) is 0 Å². The second kappa shape index (κ2) is 5.13. The third-order valence-electron chi connectivity index (χ3n) is 3.28. The summed E-state index contributed by atoms with van der Waals surface area (Å²) in [6.45, 7) is 0. The third kappa shape index (κ3) is 2.38. The standard InChI is InChI=1S/C17H14N2O/c1-19-11-10-18-17(19)9-8-16(20)15-7-6-13-4-2-3-5-14(13)12-15/h2-12H,1H3/b9-8+. The van der Waals surface area contributed by atoms with Crippen molar-refractivity contribution >= 4 is 22.6 Å². The van der Waals surface area contributed by atoms with Gasteiger partial charge in [0.25, 0.3) is 0 Å². The normalized spacial score (nSPS) is 11.2. The molecule has 0 bridgehead atoms. The minimum atomic E-state index is -0.0150. The Morgan fingerprint density at radius 3 is 2.70 bits per heavy atom. The fourth-order valence-corrected chi connectivity index (χ4v) is 2.13. The van der Waals surface area contributed by atoms with Crippen molar-refractivity contribution < 1.29 is 4.79 Å². The Morgan fingerprint density at radius 2 is 1.95 bits per heavy atom. The van der Waals surface area contributed by atoms with Crippen LogP contribution in [0, 0.1) is 0 Å². The molecular weight excluding hydrogens is 248 g/mol. The molecule has 20 heavy (non-hydrogen) atoms. The Labute approximate surface area is 117 Å². The first-order chi connectivity index (χ1) is 9.74.